The Morgan fingerprint density at radius 1 is 1.38 bits per heavy atom. The van der Waals surface area contributed by atoms with Crippen LogP contribution in [0.1, 0.15) is 42.5 Å². The first kappa shape index (κ1) is 14.3. The second-order valence-corrected chi connectivity index (χ2v) is 5.88. The average molecular weight is 285 g/mol. The molecule has 21 heavy (non-hydrogen) atoms. The number of nitrogens with zero attached hydrogens (tertiary/aromatic N) is 2. The van der Waals surface area contributed by atoms with Crippen molar-refractivity contribution in [2.75, 3.05) is 13.7 Å². The number of ether oxygens (including phenoxy) is 1. The summed E-state index contributed by atoms with van der Waals surface area (Å²) in [4.78, 5) is 4.87. The minimum Gasteiger partial charge on any atom is -0.380 e. The molecule has 0 atom stereocenters. The van der Waals surface area contributed by atoms with Crippen molar-refractivity contribution in [2.24, 2.45) is 0 Å². The van der Waals surface area contributed by atoms with Crippen LogP contribution < -0.4 is 5.32 Å². The second kappa shape index (κ2) is 6.00. The van der Waals surface area contributed by atoms with Gasteiger partial charge in [-0.05, 0) is 17.7 Å². The largest absolute Gasteiger partial charge is 0.380 e. The predicted octanol–water partition coefficient (Wildman–Crippen LogP) is 2.79. The Balaban J connectivity index is 2.12. The summed E-state index contributed by atoms with van der Waals surface area (Å²) in [6, 6.07) is 8.57. The molecule has 2 aromatic rings. The van der Waals surface area contributed by atoms with Crippen molar-refractivity contribution in [3.8, 4) is 5.69 Å². The average Bonchev–Trinajstić information content (AvgIpc) is 2.87. The number of hydrogen-bond acceptors (Lipinski definition) is 3. The fraction of sp³-hybridized carbons (Fsp3) is 0.471. The van der Waals surface area contributed by atoms with Crippen LogP contribution in [0.3, 0.4) is 0 Å². The molecule has 1 aromatic carbocycles. The van der Waals surface area contributed by atoms with Crippen LogP contribution in [-0.2, 0) is 24.3 Å². The number of hydrogen-bond donors (Lipinski definition) is 1. The van der Waals surface area contributed by atoms with E-state index in [9.17, 15) is 0 Å². The number of nitrogens with one attached hydrogen (secondary N) is 1. The fourth-order valence-electron chi connectivity index (χ4n) is 2.96. The van der Waals surface area contributed by atoms with Gasteiger partial charge < -0.3 is 14.6 Å². The van der Waals surface area contributed by atoms with Crippen molar-refractivity contribution in [3.63, 3.8) is 0 Å². The Morgan fingerprint density at radius 2 is 2.24 bits per heavy atom. The molecule has 4 heteroatoms. The Hall–Kier alpha value is -1.65. The molecule has 112 valence electrons. The Bertz CT molecular complexity index is 631. The monoisotopic (exact) mass is 285 g/mol. The molecule has 1 N–H and O–H groups in total. The molecule has 0 amide bonds. The van der Waals surface area contributed by atoms with Crippen LogP contribution in [-0.4, -0.2) is 23.2 Å². The third-order valence-corrected chi connectivity index (χ3v) is 3.91. The molecular formula is C17H23N3O. The molecule has 0 fully saturated rings. The van der Waals surface area contributed by atoms with Crippen LogP contribution in [0.4, 0.5) is 0 Å². The van der Waals surface area contributed by atoms with Crippen molar-refractivity contribution >= 4 is 0 Å². The highest BCUT2D eigenvalue weighted by atomic mass is 16.5. The van der Waals surface area contributed by atoms with Crippen molar-refractivity contribution in [2.45, 2.75) is 39.3 Å². The van der Waals surface area contributed by atoms with Crippen LogP contribution in [0, 0.1) is 0 Å². The van der Waals surface area contributed by atoms with Crippen LogP contribution in [0.2, 0.25) is 0 Å². The van der Waals surface area contributed by atoms with Crippen LogP contribution in [0.25, 0.3) is 5.69 Å². The molecule has 0 unspecified atom stereocenters. The second-order valence-electron chi connectivity index (χ2n) is 5.88. The number of imidazole rings is 1. The Morgan fingerprint density at radius 3 is 3.00 bits per heavy atom. The van der Waals surface area contributed by atoms with Gasteiger partial charge in [0.1, 0.15) is 5.82 Å². The SMILES string of the molecule is COCc1cccc(-n2c(C(C)C)nc3c2CCNC3)c1. The third-order valence-electron chi connectivity index (χ3n) is 3.91. The van der Waals surface area contributed by atoms with E-state index in [1.165, 1.54) is 22.6 Å². The summed E-state index contributed by atoms with van der Waals surface area (Å²) in [7, 11) is 1.73. The normalized spacial score (nSPS) is 14.5. The van der Waals surface area contributed by atoms with Crippen molar-refractivity contribution in [1.82, 2.24) is 14.9 Å². The van der Waals surface area contributed by atoms with Crippen molar-refractivity contribution < 1.29 is 4.74 Å². The molecule has 1 aliphatic rings. The van der Waals surface area contributed by atoms with E-state index in [1.807, 2.05) is 0 Å². The van der Waals surface area contributed by atoms with Gasteiger partial charge in [-0.1, -0.05) is 26.0 Å². The Labute approximate surface area is 126 Å². The van der Waals surface area contributed by atoms with E-state index in [1.54, 1.807) is 7.11 Å². The van der Waals surface area contributed by atoms with Gasteiger partial charge in [-0.2, -0.15) is 0 Å². The number of aromatic nitrogens is 2. The van der Waals surface area contributed by atoms with Crippen LogP contribution in [0.5, 0.6) is 0 Å². The standard InChI is InChI=1S/C17H23N3O/c1-12(2)17-19-15-10-18-8-7-16(15)20(17)14-6-4-5-13(9-14)11-21-3/h4-6,9,12,18H,7-8,10-11H2,1-3H3. The van der Waals surface area contributed by atoms with Gasteiger partial charge in [-0.3, -0.25) is 0 Å². The molecule has 0 saturated heterocycles. The molecule has 0 saturated carbocycles. The van der Waals surface area contributed by atoms with Crippen LogP contribution in [0.15, 0.2) is 24.3 Å². The minimum atomic E-state index is 0.404. The quantitative estimate of drug-likeness (QED) is 0.939. The summed E-state index contributed by atoms with van der Waals surface area (Å²) in [6.07, 6.45) is 1.03. The fourth-order valence-corrected chi connectivity index (χ4v) is 2.96. The lowest BCUT2D eigenvalue weighted by Crippen LogP contribution is -2.24. The van der Waals surface area contributed by atoms with Gasteiger partial charge in [-0.25, -0.2) is 4.98 Å². The van der Waals surface area contributed by atoms with E-state index in [-0.39, 0.29) is 0 Å². The van der Waals surface area contributed by atoms with Gasteiger partial charge in [0.25, 0.3) is 0 Å². The molecule has 0 spiro atoms. The molecule has 1 aromatic heterocycles. The third kappa shape index (κ3) is 2.74. The number of benzene rings is 1. The van der Waals surface area contributed by atoms with E-state index in [0.717, 1.165) is 25.3 Å². The van der Waals surface area contributed by atoms with Gasteiger partial charge >= 0.3 is 0 Å². The molecule has 0 aliphatic carbocycles. The lowest BCUT2D eigenvalue weighted by molar-refractivity contribution is 0.185. The topological polar surface area (TPSA) is 39.1 Å². The van der Waals surface area contributed by atoms with E-state index >= 15 is 0 Å². The molecular weight excluding hydrogens is 262 g/mol. The lowest BCUT2D eigenvalue weighted by atomic mass is 10.1. The van der Waals surface area contributed by atoms with Gasteiger partial charge in [0.2, 0.25) is 0 Å². The smallest absolute Gasteiger partial charge is 0.116 e. The first-order valence-corrected chi connectivity index (χ1v) is 7.60. The molecule has 0 radical (unpaired) electrons. The van der Waals surface area contributed by atoms with Crippen molar-refractivity contribution in [1.29, 1.82) is 0 Å². The maximum atomic E-state index is 5.26. The maximum absolute atomic E-state index is 5.26. The molecule has 3 rings (SSSR count). The highest BCUT2D eigenvalue weighted by Crippen LogP contribution is 2.26. The summed E-state index contributed by atoms with van der Waals surface area (Å²) in [6.45, 7) is 6.95. The lowest BCUT2D eigenvalue weighted by Gasteiger charge is -2.17. The van der Waals surface area contributed by atoms with E-state index in [0.29, 0.717) is 12.5 Å². The summed E-state index contributed by atoms with van der Waals surface area (Å²) in [5.41, 5.74) is 4.94. The molecule has 1 aliphatic heterocycles. The summed E-state index contributed by atoms with van der Waals surface area (Å²) < 4.78 is 7.60. The number of fused-ring (bicyclic) bond motifs is 1. The van der Waals surface area contributed by atoms with Crippen LogP contribution >= 0.6 is 0 Å². The van der Waals surface area contributed by atoms with Gasteiger partial charge in [0.05, 0.1) is 12.3 Å². The number of rotatable bonds is 4. The zero-order valence-electron chi connectivity index (χ0n) is 13.0. The van der Waals surface area contributed by atoms with Crippen molar-refractivity contribution in [3.05, 3.63) is 47.0 Å². The zero-order valence-corrected chi connectivity index (χ0v) is 13.0. The van der Waals surface area contributed by atoms with E-state index in [4.69, 9.17) is 9.72 Å². The highest BCUT2D eigenvalue weighted by molar-refractivity contribution is 5.41. The highest BCUT2D eigenvalue weighted by Gasteiger charge is 2.22. The zero-order chi connectivity index (χ0) is 14.8. The maximum Gasteiger partial charge on any atom is 0.116 e. The summed E-state index contributed by atoms with van der Waals surface area (Å²) in [5.74, 6) is 1.56. The molecule has 0 bridgehead atoms. The van der Waals surface area contributed by atoms with E-state index < -0.39 is 0 Å². The number of methoxy groups -OCH3 is 1. The van der Waals surface area contributed by atoms with Gasteiger partial charge in [0, 0.05) is 43.9 Å². The first-order chi connectivity index (χ1) is 10.2. The van der Waals surface area contributed by atoms with E-state index in [2.05, 4.69) is 48.0 Å². The first-order valence-electron chi connectivity index (χ1n) is 7.60. The summed E-state index contributed by atoms with van der Waals surface area (Å²) in [5, 5.41) is 3.41. The predicted molar refractivity (Wildman–Crippen MR) is 83.8 cm³/mol. The van der Waals surface area contributed by atoms with Gasteiger partial charge in [-0.15, -0.1) is 0 Å². The Kier molecular flexibility index (Phi) is 4.08. The molecule has 2 heterocycles. The van der Waals surface area contributed by atoms with Gasteiger partial charge in [0.15, 0.2) is 0 Å². The summed E-state index contributed by atoms with van der Waals surface area (Å²) >= 11 is 0. The minimum absolute atomic E-state index is 0.404. The molecule has 4 nitrogen and oxygen atoms in total.